The number of halogens is 1. The van der Waals surface area contributed by atoms with Gasteiger partial charge in [-0.05, 0) is 24.6 Å². The third-order valence-corrected chi connectivity index (χ3v) is 4.19. The van der Waals surface area contributed by atoms with Crippen LogP contribution in [0.1, 0.15) is 15.9 Å². The zero-order valence-corrected chi connectivity index (χ0v) is 12.2. The molecule has 6 heteroatoms. The average Bonchev–Trinajstić information content (AvgIpc) is 2.41. The molecule has 5 nitrogen and oxygen atoms in total. The molecule has 1 saturated heterocycles. The maximum Gasteiger partial charge on any atom is 0.254 e. The zero-order chi connectivity index (χ0) is 14.0. The number of nitrogens with zero attached hydrogens (tertiary/aromatic N) is 1. The molecule has 1 atom stereocenters. The molecule has 0 aromatic heterocycles. The van der Waals surface area contributed by atoms with Gasteiger partial charge >= 0.3 is 0 Å². The molecule has 3 N–H and O–H groups in total. The van der Waals surface area contributed by atoms with Crippen molar-refractivity contribution in [3.63, 3.8) is 0 Å². The van der Waals surface area contributed by atoms with Gasteiger partial charge in [0.1, 0.15) is 6.04 Å². The van der Waals surface area contributed by atoms with E-state index in [1.807, 2.05) is 19.1 Å². The Balaban J connectivity index is 2.31. The van der Waals surface area contributed by atoms with E-state index in [0.717, 1.165) is 10.0 Å². The van der Waals surface area contributed by atoms with Crippen molar-refractivity contribution in [2.75, 3.05) is 19.6 Å². The molecule has 102 valence electrons. The highest BCUT2D eigenvalue weighted by Crippen LogP contribution is 2.21. The van der Waals surface area contributed by atoms with Crippen LogP contribution in [0.15, 0.2) is 22.7 Å². The van der Waals surface area contributed by atoms with E-state index >= 15 is 0 Å². The van der Waals surface area contributed by atoms with Crippen molar-refractivity contribution in [1.29, 1.82) is 0 Å². The molecule has 0 bridgehead atoms. The molecule has 1 aromatic rings. The van der Waals surface area contributed by atoms with E-state index in [9.17, 15) is 9.59 Å². The summed E-state index contributed by atoms with van der Waals surface area (Å²) in [7, 11) is 0. The van der Waals surface area contributed by atoms with E-state index in [1.165, 1.54) is 0 Å². The molecule has 2 rings (SSSR count). The summed E-state index contributed by atoms with van der Waals surface area (Å²) < 4.78 is 0.879. The normalized spacial score (nSPS) is 19.3. The molecule has 1 aromatic carbocycles. The third-order valence-electron chi connectivity index (χ3n) is 3.33. The van der Waals surface area contributed by atoms with Crippen LogP contribution in [-0.4, -0.2) is 42.4 Å². The molecule has 1 aliphatic heterocycles. The van der Waals surface area contributed by atoms with Crippen LogP contribution in [0.25, 0.3) is 0 Å². The summed E-state index contributed by atoms with van der Waals surface area (Å²) in [5.74, 6) is -0.628. The van der Waals surface area contributed by atoms with Gasteiger partial charge in [-0.15, -0.1) is 0 Å². The van der Waals surface area contributed by atoms with E-state index in [0.29, 0.717) is 25.2 Å². The van der Waals surface area contributed by atoms with Crippen LogP contribution in [0.2, 0.25) is 0 Å². The average molecular weight is 326 g/mol. The zero-order valence-electron chi connectivity index (χ0n) is 10.6. The van der Waals surface area contributed by atoms with Gasteiger partial charge in [0.2, 0.25) is 5.91 Å². The Morgan fingerprint density at radius 1 is 1.47 bits per heavy atom. The lowest BCUT2D eigenvalue weighted by Gasteiger charge is -2.34. The topological polar surface area (TPSA) is 75.4 Å². The van der Waals surface area contributed by atoms with Crippen LogP contribution in [0.4, 0.5) is 0 Å². The van der Waals surface area contributed by atoms with Gasteiger partial charge in [0.25, 0.3) is 5.91 Å². The number of nitrogens with one attached hydrogen (secondary N) is 1. The van der Waals surface area contributed by atoms with Gasteiger partial charge in [-0.3, -0.25) is 9.59 Å². The molecule has 1 heterocycles. The summed E-state index contributed by atoms with van der Waals surface area (Å²) in [6.07, 6.45) is 0. The van der Waals surface area contributed by atoms with Crippen molar-refractivity contribution in [3.8, 4) is 0 Å². The van der Waals surface area contributed by atoms with E-state index in [1.54, 1.807) is 11.0 Å². The number of hydrogen-bond donors (Lipinski definition) is 2. The number of primary amides is 1. The molecule has 0 spiro atoms. The number of nitrogens with two attached hydrogens (primary N) is 1. The summed E-state index contributed by atoms with van der Waals surface area (Å²) in [6.45, 7) is 3.44. The maximum absolute atomic E-state index is 12.6. The first kappa shape index (κ1) is 14.0. The van der Waals surface area contributed by atoms with Crippen molar-refractivity contribution < 1.29 is 9.59 Å². The minimum absolute atomic E-state index is 0.149. The maximum atomic E-state index is 12.6. The number of piperazine rings is 1. The molecule has 0 aliphatic carbocycles. The predicted octanol–water partition coefficient (Wildman–Crippen LogP) is 0.657. The molecule has 0 saturated carbocycles. The van der Waals surface area contributed by atoms with Crippen molar-refractivity contribution >= 4 is 27.7 Å². The van der Waals surface area contributed by atoms with E-state index in [-0.39, 0.29) is 5.91 Å². The second kappa shape index (κ2) is 5.71. The van der Waals surface area contributed by atoms with Crippen LogP contribution < -0.4 is 11.1 Å². The standard InChI is InChI=1S/C13H16BrN3O2/c1-8-9(3-2-4-10(8)14)13(19)17-6-5-16-7-11(17)12(15)18/h2-4,11,16H,5-7H2,1H3,(H2,15,18). The highest BCUT2D eigenvalue weighted by Gasteiger charge is 2.31. The number of hydrogen-bond acceptors (Lipinski definition) is 3. The highest BCUT2D eigenvalue weighted by molar-refractivity contribution is 9.10. The number of carbonyl (C=O) groups excluding carboxylic acids is 2. The van der Waals surface area contributed by atoms with Gasteiger partial charge in [0.05, 0.1) is 0 Å². The first-order valence-electron chi connectivity index (χ1n) is 6.08. The fourth-order valence-electron chi connectivity index (χ4n) is 2.20. The van der Waals surface area contributed by atoms with Gasteiger partial charge in [-0.1, -0.05) is 22.0 Å². The Bertz CT molecular complexity index is 519. The third kappa shape index (κ3) is 2.79. The lowest BCUT2D eigenvalue weighted by molar-refractivity contribution is -0.122. The molecule has 2 amide bonds. The van der Waals surface area contributed by atoms with Gasteiger partial charge < -0.3 is 16.0 Å². The van der Waals surface area contributed by atoms with Crippen molar-refractivity contribution in [1.82, 2.24) is 10.2 Å². The number of amides is 2. The van der Waals surface area contributed by atoms with Gasteiger partial charge in [0.15, 0.2) is 0 Å². The second-order valence-corrected chi connectivity index (χ2v) is 5.39. The monoisotopic (exact) mass is 325 g/mol. The molecule has 19 heavy (non-hydrogen) atoms. The Kier molecular flexibility index (Phi) is 4.21. The van der Waals surface area contributed by atoms with E-state index in [2.05, 4.69) is 21.2 Å². The van der Waals surface area contributed by atoms with E-state index < -0.39 is 11.9 Å². The summed E-state index contributed by atoms with van der Waals surface area (Å²) in [4.78, 5) is 25.5. The first-order chi connectivity index (χ1) is 9.02. The fourth-order valence-corrected chi connectivity index (χ4v) is 2.56. The largest absolute Gasteiger partial charge is 0.368 e. The lowest BCUT2D eigenvalue weighted by Crippen LogP contribution is -2.58. The number of benzene rings is 1. The second-order valence-electron chi connectivity index (χ2n) is 4.53. The fraction of sp³-hybridized carbons (Fsp3) is 0.385. The Labute approximate surface area is 120 Å². The lowest BCUT2D eigenvalue weighted by atomic mass is 10.1. The molecule has 1 fully saturated rings. The van der Waals surface area contributed by atoms with Gasteiger partial charge in [-0.25, -0.2) is 0 Å². The van der Waals surface area contributed by atoms with Crippen LogP contribution in [0.3, 0.4) is 0 Å². The summed E-state index contributed by atoms with van der Waals surface area (Å²) in [5.41, 5.74) is 6.83. The minimum atomic E-state index is -0.584. The summed E-state index contributed by atoms with van der Waals surface area (Å²) in [6, 6.07) is 4.88. The summed E-state index contributed by atoms with van der Waals surface area (Å²) >= 11 is 3.41. The van der Waals surface area contributed by atoms with Crippen LogP contribution >= 0.6 is 15.9 Å². The first-order valence-corrected chi connectivity index (χ1v) is 6.87. The molecule has 1 unspecified atom stereocenters. The van der Waals surface area contributed by atoms with Crippen LogP contribution in [-0.2, 0) is 4.79 Å². The Hall–Kier alpha value is -1.40. The van der Waals surface area contributed by atoms with Crippen molar-refractivity contribution in [2.24, 2.45) is 5.73 Å². The molecular formula is C13H16BrN3O2. The van der Waals surface area contributed by atoms with Gasteiger partial charge in [-0.2, -0.15) is 0 Å². The SMILES string of the molecule is Cc1c(Br)cccc1C(=O)N1CCNCC1C(N)=O. The van der Waals surface area contributed by atoms with Gasteiger partial charge in [0, 0.05) is 29.7 Å². The molecule has 0 radical (unpaired) electrons. The Morgan fingerprint density at radius 3 is 2.89 bits per heavy atom. The van der Waals surface area contributed by atoms with Crippen LogP contribution in [0, 0.1) is 6.92 Å². The van der Waals surface area contributed by atoms with Crippen LogP contribution in [0.5, 0.6) is 0 Å². The van der Waals surface area contributed by atoms with E-state index in [4.69, 9.17) is 5.73 Å². The minimum Gasteiger partial charge on any atom is -0.368 e. The quantitative estimate of drug-likeness (QED) is 0.838. The summed E-state index contributed by atoms with van der Waals surface area (Å²) in [5, 5.41) is 3.07. The smallest absolute Gasteiger partial charge is 0.254 e. The number of carbonyl (C=O) groups is 2. The molecule has 1 aliphatic rings. The Morgan fingerprint density at radius 2 is 2.21 bits per heavy atom. The highest BCUT2D eigenvalue weighted by atomic mass is 79.9. The van der Waals surface area contributed by atoms with Crippen molar-refractivity contribution in [3.05, 3.63) is 33.8 Å². The van der Waals surface area contributed by atoms with Crippen molar-refractivity contribution in [2.45, 2.75) is 13.0 Å². The predicted molar refractivity (Wildman–Crippen MR) is 75.8 cm³/mol. The number of rotatable bonds is 2. The molecular weight excluding hydrogens is 310 g/mol.